The zero-order valence-electron chi connectivity index (χ0n) is 18.5. The van der Waals surface area contributed by atoms with Crippen LogP contribution in [0.15, 0.2) is 42.2 Å². The van der Waals surface area contributed by atoms with E-state index in [9.17, 15) is 18.0 Å². The zero-order valence-corrected chi connectivity index (χ0v) is 18.5. The Morgan fingerprint density at radius 1 is 1.15 bits per heavy atom. The Bertz CT molecular complexity index is 1240. The number of methoxy groups -OCH3 is 1. The fourth-order valence-corrected chi connectivity index (χ4v) is 4.00. The maximum Gasteiger partial charge on any atom is 0.250 e. The minimum Gasteiger partial charge on any atom is -0.494 e. The predicted octanol–water partition coefficient (Wildman–Crippen LogP) is 4.77. The summed E-state index contributed by atoms with van der Waals surface area (Å²) in [6.07, 6.45) is 4.57. The molecule has 1 atom stereocenters. The third-order valence-corrected chi connectivity index (χ3v) is 5.76. The molecule has 0 radical (unpaired) electrons. The van der Waals surface area contributed by atoms with Crippen molar-refractivity contribution in [2.24, 2.45) is 0 Å². The molecule has 6 nitrogen and oxygen atoms in total. The summed E-state index contributed by atoms with van der Waals surface area (Å²) in [7, 11) is 1.55. The molecule has 1 aromatic heterocycles. The molecule has 172 valence electrons. The van der Waals surface area contributed by atoms with E-state index in [1.54, 1.807) is 44.1 Å². The smallest absolute Gasteiger partial charge is 0.250 e. The number of aromatic nitrogens is 3. The van der Waals surface area contributed by atoms with E-state index < -0.39 is 23.5 Å². The first-order valence-electron chi connectivity index (χ1n) is 10.5. The quantitative estimate of drug-likeness (QED) is 0.410. The van der Waals surface area contributed by atoms with Gasteiger partial charge in [0.1, 0.15) is 23.6 Å². The molecule has 0 unspecified atom stereocenters. The number of hydrogen-bond donors (Lipinski definition) is 0. The first-order valence-corrected chi connectivity index (χ1v) is 10.5. The number of amides is 1. The van der Waals surface area contributed by atoms with Crippen LogP contribution in [-0.2, 0) is 4.79 Å². The Morgan fingerprint density at radius 3 is 2.64 bits per heavy atom. The van der Waals surface area contributed by atoms with E-state index in [1.807, 2.05) is 12.1 Å². The van der Waals surface area contributed by atoms with E-state index in [4.69, 9.17) is 4.74 Å². The van der Waals surface area contributed by atoms with Gasteiger partial charge in [-0.15, -0.1) is 0 Å². The van der Waals surface area contributed by atoms with Crippen LogP contribution in [-0.4, -0.2) is 39.2 Å². The Labute approximate surface area is 189 Å². The number of benzene rings is 2. The van der Waals surface area contributed by atoms with Crippen LogP contribution in [0.25, 0.3) is 11.8 Å². The molecule has 0 N–H and O–H groups in total. The second-order valence-corrected chi connectivity index (χ2v) is 7.88. The molecule has 1 aliphatic heterocycles. The van der Waals surface area contributed by atoms with E-state index in [0.29, 0.717) is 42.2 Å². The molecule has 1 aliphatic rings. The molecule has 0 saturated carbocycles. The van der Waals surface area contributed by atoms with Gasteiger partial charge in [-0.3, -0.25) is 4.79 Å². The number of piperidine rings is 1. The molecule has 0 aliphatic carbocycles. The van der Waals surface area contributed by atoms with E-state index in [2.05, 4.69) is 10.1 Å². The first-order chi connectivity index (χ1) is 15.8. The molecule has 9 heteroatoms. The second-order valence-electron chi connectivity index (χ2n) is 7.88. The second kappa shape index (κ2) is 9.09. The van der Waals surface area contributed by atoms with Gasteiger partial charge >= 0.3 is 0 Å². The fraction of sp³-hybridized carbons (Fsp3) is 0.292. The van der Waals surface area contributed by atoms with Crippen LogP contribution in [0, 0.1) is 24.4 Å². The average Bonchev–Trinajstić information content (AvgIpc) is 3.24. The highest BCUT2D eigenvalue weighted by molar-refractivity contribution is 5.98. The van der Waals surface area contributed by atoms with Crippen LogP contribution in [0.1, 0.15) is 42.8 Å². The molecular formula is C24H23F3N4O2. The van der Waals surface area contributed by atoms with Crippen LogP contribution in [0.3, 0.4) is 0 Å². The topological polar surface area (TPSA) is 60.2 Å². The number of hydrogen-bond acceptors (Lipinski definition) is 4. The van der Waals surface area contributed by atoms with Gasteiger partial charge in [0.2, 0.25) is 5.91 Å². The molecule has 1 saturated heterocycles. The van der Waals surface area contributed by atoms with Crippen molar-refractivity contribution in [2.75, 3.05) is 13.7 Å². The minimum atomic E-state index is -1.53. The van der Waals surface area contributed by atoms with Gasteiger partial charge in [-0.2, -0.15) is 5.10 Å². The van der Waals surface area contributed by atoms with Gasteiger partial charge in [0.05, 0.1) is 13.2 Å². The Hall–Kier alpha value is -3.62. The van der Waals surface area contributed by atoms with Crippen LogP contribution < -0.4 is 4.74 Å². The van der Waals surface area contributed by atoms with Gasteiger partial charge < -0.3 is 9.64 Å². The summed E-state index contributed by atoms with van der Waals surface area (Å²) in [6, 6.07) is 6.77. The van der Waals surface area contributed by atoms with E-state index in [0.717, 1.165) is 11.6 Å². The van der Waals surface area contributed by atoms with Gasteiger partial charge in [-0.25, -0.2) is 22.8 Å². The molecule has 3 aromatic rings. The lowest BCUT2D eigenvalue weighted by molar-refractivity contribution is -0.130. The highest BCUT2D eigenvalue weighted by Gasteiger charge is 2.30. The number of ether oxygens (including phenoxy) is 1. The third-order valence-electron chi connectivity index (χ3n) is 5.76. The Kier molecular flexibility index (Phi) is 6.22. The molecule has 33 heavy (non-hydrogen) atoms. The van der Waals surface area contributed by atoms with Gasteiger partial charge in [-0.05, 0) is 56.5 Å². The molecule has 2 aromatic carbocycles. The lowest BCUT2D eigenvalue weighted by Gasteiger charge is -2.34. The molecule has 0 spiro atoms. The van der Waals surface area contributed by atoms with Crippen molar-refractivity contribution in [3.05, 3.63) is 76.6 Å². The van der Waals surface area contributed by atoms with Crippen molar-refractivity contribution < 1.29 is 22.7 Å². The average molecular weight is 456 g/mol. The highest BCUT2D eigenvalue weighted by Crippen LogP contribution is 2.32. The highest BCUT2D eigenvalue weighted by atomic mass is 19.2. The summed E-state index contributed by atoms with van der Waals surface area (Å²) in [5.74, 6) is -3.14. The van der Waals surface area contributed by atoms with Gasteiger partial charge in [0.25, 0.3) is 0 Å². The summed E-state index contributed by atoms with van der Waals surface area (Å²) in [4.78, 5) is 18.8. The Balaban J connectivity index is 1.61. The predicted molar refractivity (Wildman–Crippen MR) is 116 cm³/mol. The van der Waals surface area contributed by atoms with E-state index >= 15 is 0 Å². The number of carbonyl (C=O) groups excluding carboxylic acids is 1. The number of halogens is 3. The zero-order chi connectivity index (χ0) is 23.7. The molecule has 0 bridgehead atoms. The maximum absolute atomic E-state index is 14.3. The van der Waals surface area contributed by atoms with Crippen molar-refractivity contribution >= 4 is 12.0 Å². The van der Waals surface area contributed by atoms with Crippen LogP contribution in [0.2, 0.25) is 0 Å². The van der Waals surface area contributed by atoms with Crippen molar-refractivity contribution in [1.82, 2.24) is 19.7 Å². The van der Waals surface area contributed by atoms with Gasteiger partial charge in [0, 0.05) is 17.7 Å². The van der Waals surface area contributed by atoms with Crippen LogP contribution >= 0.6 is 0 Å². The van der Waals surface area contributed by atoms with Crippen molar-refractivity contribution in [3.63, 3.8) is 0 Å². The summed E-state index contributed by atoms with van der Waals surface area (Å²) in [5.41, 5.74) is 1.95. The summed E-state index contributed by atoms with van der Waals surface area (Å²) in [5, 5.41) is 4.29. The SMILES string of the molecule is COc1cc(/C=C2\CCCN([C@@H](C)c3ccc(F)c(F)c3F)C2=O)ccc1-n1cnc(C)n1. The fourth-order valence-electron chi connectivity index (χ4n) is 4.00. The summed E-state index contributed by atoms with van der Waals surface area (Å²) < 4.78 is 48.5. The molecule has 2 heterocycles. The van der Waals surface area contributed by atoms with E-state index in [-0.39, 0.29) is 11.5 Å². The Morgan fingerprint density at radius 2 is 1.94 bits per heavy atom. The van der Waals surface area contributed by atoms with Gasteiger partial charge in [0.15, 0.2) is 17.5 Å². The number of nitrogens with zero attached hydrogens (tertiary/aromatic N) is 4. The third kappa shape index (κ3) is 4.35. The normalized spacial score (nSPS) is 16.4. The van der Waals surface area contributed by atoms with Crippen LogP contribution in [0.4, 0.5) is 13.2 Å². The monoisotopic (exact) mass is 456 g/mol. The van der Waals surface area contributed by atoms with Crippen molar-refractivity contribution in [3.8, 4) is 11.4 Å². The molecular weight excluding hydrogens is 433 g/mol. The van der Waals surface area contributed by atoms with Crippen molar-refractivity contribution in [2.45, 2.75) is 32.7 Å². The number of likely N-dealkylation sites (tertiary alicyclic amines) is 1. The maximum atomic E-state index is 14.3. The molecule has 4 rings (SSSR count). The van der Waals surface area contributed by atoms with Gasteiger partial charge in [-0.1, -0.05) is 12.1 Å². The molecule has 1 fully saturated rings. The largest absolute Gasteiger partial charge is 0.494 e. The lowest BCUT2D eigenvalue weighted by Crippen LogP contribution is -2.39. The van der Waals surface area contributed by atoms with Crippen LogP contribution in [0.5, 0.6) is 5.75 Å². The van der Waals surface area contributed by atoms with E-state index in [1.165, 1.54) is 11.0 Å². The summed E-state index contributed by atoms with van der Waals surface area (Å²) >= 11 is 0. The minimum absolute atomic E-state index is 0.0577. The summed E-state index contributed by atoms with van der Waals surface area (Å²) in [6.45, 7) is 3.79. The standard InChI is InChI=1S/C24H23F3N4O2/c1-14(18-7-8-19(25)23(27)22(18)26)30-10-4-5-17(24(30)32)11-16-6-9-20(21(12-16)33-3)31-13-28-15(2)29-31/h6-9,11-14H,4-5,10H2,1-3H3/b17-11+/t14-/m0/s1. The lowest BCUT2D eigenvalue weighted by atomic mass is 9.97. The number of aryl methyl sites for hydroxylation is 1. The first kappa shape index (κ1) is 22.6. The number of rotatable bonds is 5. The van der Waals surface area contributed by atoms with Crippen molar-refractivity contribution in [1.29, 1.82) is 0 Å². The number of carbonyl (C=O) groups is 1. The molecule has 1 amide bonds.